The van der Waals surface area contributed by atoms with Crippen molar-refractivity contribution in [3.63, 3.8) is 0 Å². The number of halogens is 3. The molecule has 0 radical (unpaired) electrons. The number of rotatable bonds is 3. The van der Waals surface area contributed by atoms with Crippen molar-refractivity contribution in [3.05, 3.63) is 47.8 Å². The Balaban J connectivity index is 1.71. The average molecular weight is 338 g/mol. The van der Waals surface area contributed by atoms with Gasteiger partial charge in [0, 0.05) is 38.1 Å². The molecule has 1 aromatic heterocycles. The highest BCUT2D eigenvalue weighted by Crippen LogP contribution is 2.31. The molecule has 1 unspecified atom stereocenters. The zero-order valence-corrected chi connectivity index (χ0v) is 13.0. The lowest BCUT2D eigenvalue weighted by Crippen LogP contribution is -2.32. The number of para-hydroxylation sites is 1. The van der Waals surface area contributed by atoms with Crippen LogP contribution in [0.3, 0.4) is 0 Å². The minimum Gasteiger partial charge on any atom is -0.380 e. The summed E-state index contributed by atoms with van der Waals surface area (Å²) < 4.78 is 40.1. The number of carbonyl (C=O) groups excluding carboxylic acids is 1. The van der Waals surface area contributed by atoms with Crippen LogP contribution in [-0.2, 0) is 13.2 Å². The second kappa shape index (κ2) is 6.18. The van der Waals surface area contributed by atoms with Gasteiger partial charge in [0.25, 0.3) is 5.91 Å². The molecule has 1 amide bonds. The van der Waals surface area contributed by atoms with E-state index in [1.54, 1.807) is 0 Å². The van der Waals surface area contributed by atoms with Crippen LogP contribution in [0.5, 0.6) is 0 Å². The number of alkyl halides is 3. The number of likely N-dealkylation sites (tertiary alicyclic amines) is 1. The number of aromatic nitrogens is 2. The van der Waals surface area contributed by atoms with E-state index in [9.17, 15) is 18.0 Å². The van der Waals surface area contributed by atoms with Crippen LogP contribution in [0.2, 0.25) is 0 Å². The van der Waals surface area contributed by atoms with Gasteiger partial charge >= 0.3 is 6.18 Å². The summed E-state index contributed by atoms with van der Waals surface area (Å²) in [6, 6.07) is 9.52. The van der Waals surface area contributed by atoms with Gasteiger partial charge < -0.3 is 10.2 Å². The van der Waals surface area contributed by atoms with E-state index in [2.05, 4.69) is 10.4 Å². The number of carbonyl (C=O) groups is 1. The molecule has 1 aliphatic heterocycles. The Kier molecular flexibility index (Phi) is 4.21. The fourth-order valence-electron chi connectivity index (χ4n) is 2.86. The summed E-state index contributed by atoms with van der Waals surface area (Å²) in [4.78, 5) is 13.9. The van der Waals surface area contributed by atoms with E-state index in [4.69, 9.17) is 0 Å². The standard InChI is InChI=1S/C16H17F3N4O/c1-22-10-13(14(21-22)16(17,18)19)15(24)23-8-7-12(9-23)20-11-5-3-2-4-6-11/h2-6,10,12,20H,7-9H2,1H3. The summed E-state index contributed by atoms with van der Waals surface area (Å²) >= 11 is 0. The summed E-state index contributed by atoms with van der Waals surface area (Å²) in [5.74, 6) is -0.632. The van der Waals surface area contributed by atoms with E-state index in [-0.39, 0.29) is 6.04 Å². The van der Waals surface area contributed by atoms with Crippen LogP contribution in [-0.4, -0.2) is 39.7 Å². The zero-order valence-electron chi connectivity index (χ0n) is 13.0. The maximum atomic E-state index is 13.0. The van der Waals surface area contributed by atoms with Crippen molar-refractivity contribution in [2.75, 3.05) is 18.4 Å². The van der Waals surface area contributed by atoms with Gasteiger partial charge in [0.05, 0.1) is 5.56 Å². The molecule has 1 N–H and O–H groups in total. The van der Waals surface area contributed by atoms with Crippen molar-refractivity contribution in [2.45, 2.75) is 18.6 Å². The number of nitrogens with zero attached hydrogens (tertiary/aromatic N) is 3. The third-order valence-corrected chi connectivity index (χ3v) is 3.95. The van der Waals surface area contributed by atoms with Gasteiger partial charge in [0.2, 0.25) is 0 Å². The van der Waals surface area contributed by atoms with Crippen molar-refractivity contribution >= 4 is 11.6 Å². The molecule has 5 nitrogen and oxygen atoms in total. The predicted molar refractivity (Wildman–Crippen MR) is 82.6 cm³/mol. The minimum absolute atomic E-state index is 0.0161. The number of hydrogen-bond donors (Lipinski definition) is 1. The lowest BCUT2D eigenvalue weighted by atomic mass is 10.2. The number of hydrogen-bond acceptors (Lipinski definition) is 3. The van der Waals surface area contributed by atoms with Gasteiger partial charge in [-0.15, -0.1) is 0 Å². The molecule has 2 heterocycles. The number of anilines is 1. The molecular weight excluding hydrogens is 321 g/mol. The second-order valence-corrected chi connectivity index (χ2v) is 5.81. The van der Waals surface area contributed by atoms with E-state index in [1.165, 1.54) is 11.9 Å². The molecule has 3 rings (SSSR count). The van der Waals surface area contributed by atoms with Crippen molar-refractivity contribution < 1.29 is 18.0 Å². The van der Waals surface area contributed by atoms with Crippen LogP contribution < -0.4 is 5.32 Å². The molecule has 0 spiro atoms. The Bertz CT molecular complexity index is 727. The highest BCUT2D eigenvalue weighted by molar-refractivity contribution is 5.95. The van der Waals surface area contributed by atoms with Crippen molar-refractivity contribution in [3.8, 4) is 0 Å². The number of amides is 1. The van der Waals surface area contributed by atoms with Gasteiger partial charge in [-0.1, -0.05) is 18.2 Å². The van der Waals surface area contributed by atoms with E-state index >= 15 is 0 Å². The van der Waals surface area contributed by atoms with Gasteiger partial charge in [0.1, 0.15) is 0 Å². The molecule has 1 fully saturated rings. The molecule has 1 aliphatic rings. The topological polar surface area (TPSA) is 50.2 Å². The smallest absolute Gasteiger partial charge is 0.380 e. The van der Waals surface area contributed by atoms with Crippen LogP contribution >= 0.6 is 0 Å². The van der Waals surface area contributed by atoms with Crippen LogP contribution in [0.4, 0.5) is 18.9 Å². The molecule has 1 saturated heterocycles. The molecule has 8 heteroatoms. The van der Waals surface area contributed by atoms with Gasteiger partial charge in [0.15, 0.2) is 5.69 Å². The van der Waals surface area contributed by atoms with Crippen LogP contribution in [0.1, 0.15) is 22.5 Å². The van der Waals surface area contributed by atoms with Crippen molar-refractivity contribution in [1.29, 1.82) is 0 Å². The van der Waals surface area contributed by atoms with E-state index in [0.717, 1.165) is 16.6 Å². The summed E-state index contributed by atoms with van der Waals surface area (Å²) in [5.41, 5.74) is -0.603. The molecule has 1 atom stereocenters. The van der Waals surface area contributed by atoms with Crippen molar-refractivity contribution in [2.24, 2.45) is 7.05 Å². The second-order valence-electron chi connectivity index (χ2n) is 5.81. The first-order valence-electron chi connectivity index (χ1n) is 7.56. The van der Waals surface area contributed by atoms with E-state index in [1.807, 2.05) is 30.3 Å². The molecule has 2 aromatic rings. The monoisotopic (exact) mass is 338 g/mol. The minimum atomic E-state index is -4.65. The lowest BCUT2D eigenvalue weighted by molar-refractivity contribution is -0.141. The summed E-state index contributed by atoms with van der Waals surface area (Å²) in [5, 5.41) is 6.68. The molecule has 0 saturated carbocycles. The SMILES string of the molecule is Cn1cc(C(=O)N2CCC(Nc3ccccc3)C2)c(C(F)(F)F)n1. The predicted octanol–water partition coefficient (Wildman–Crippen LogP) is 2.77. The molecule has 24 heavy (non-hydrogen) atoms. The Hall–Kier alpha value is -2.51. The van der Waals surface area contributed by atoms with Crippen LogP contribution in [0, 0.1) is 0 Å². The first-order valence-corrected chi connectivity index (χ1v) is 7.56. The normalized spacial score (nSPS) is 18.0. The number of benzene rings is 1. The summed E-state index contributed by atoms with van der Waals surface area (Å²) in [6.07, 6.45) is -2.83. The van der Waals surface area contributed by atoms with E-state index in [0.29, 0.717) is 19.5 Å². The Morgan fingerprint density at radius 3 is 2.67 bits per heavy atom. The first-order chi connectivity index (χ1) is 11.3. The van der Waals surface area contributed by atoms with Gasteiger partial charge in [-0.05, 0) is 18.6 Å². The molecule has 0 aliphatic carbocycles. The van der Waals surface area contributed by atoms with Crippen LogP contribution in [0.25, 0.3) is 0 Å². The summed E-state index contributed by atoms with van der Waals surface area (Å²) in [6.45, 7) is 0.773. The molecule has 1 aromatic carbocycles. The van der Waals surface area contributed by atoms with Gasteiger partial charge in [-0.2, -0.15) is 18.3 Å². The zero-order chi connectivity index (χ0) is 17.3. The Morgan fingerprint density at radius 1 is 1.29 bits per heavy atom. The molecular formula is C16H17F3N4O. The third-order valence-electron chi connectivity index (χ3n) is 3.95. The Morgan fingerprint density at radius 2 is 2.00 bits per heavy atom. The van der Waals surface area contributed by atoms with Gasteiger partial charge in [-0.3, -0.25) is 9.48 Å². The fourth-order valence-corrected chi connectivity index (χ4v) is 2.86. The third kappa shape index (κ3) is 3.37. The Labute approximate surface area is 137 Å². The van der Waals surface area contributed by atoms with E-state index < -0.39 is 23.3 Å². The molecule has 128 valence electrons. The quantitative estimate of drug-likeness (QED) is 0.936. The number of nitrogens with one attached hydrogen (secondary N) is 1. The number of aryl methyl sites for hydroxylation is 1. The largest absolute Gasteiger partial charge is 0.435 e. The lowest BCUT2D eigenvalue weighted by Gasteiger charge is -2.18. The summed E-state index contributed by atoms with van der Waals surface area (Å²) in [7, 11) is 1.37. The van der Waals surface area contributed by atoms with Crippen LogP contribution in [0.15, 0.2) is 36.5 Å². The maximum absolute atomic E-state index is 13.0. The first kappa shape index (κ1) is 16.4. The van der Waals surface area contributed by atoms with Crippen molar-refractivity contribution in [1.82, 2.24) is 14.7 Å². The van der Waals surface area contributed by atoms with Gasteiger partial charge in [-0.25, -0.2) is 0 Å². The fraction of sp³-hybridized carbons (Fsp3) is 0.375. The highest BCUT2D eigenvalue weighted by Gasteiger charge is 2.40. The average Bonchev–Trinajstić information content (AvgIpc) is 3.14. The highest BCUT2D eigenvalue weighted by atomic mass is 19.4. The maximum Gasteiger partial charge on any atom is 0.435 e. The molecule has 0 bridgehead atoms.